The number of hydrogen-bond donors (Lipinski definition) is 1. The molecule has 0 saturated carbocycles. The molecule has 0 spiro atoms. The molecule has 144 valence electrons. The van der Waals surface area contributed by atoms with Gasteiger partial charge in [-0.05, 0) is 38.5 Å². The van der Waals surface area contributed by atoms with E-state index in [1.165, 1.54) is 12.8 Å². The van der Waals surface area contributed by atoms with Gasteiger partial charge in [0.15, 0.2) is 0 Å². The molecular weight excluding hydrogens is 357 g/mol. The summed E-state index contributed by atoms with van der Waals surface area (Å²) in [6, 6.07) is 0. The van der Waals surface area contributed by atoms with E-state index in [1.807, 2.05) is 0 Å². The van der Waals surface area contributed by atoms with Crippen LogP contribution in [-0.2, 0) is 15.9 Å². The van der Waals surface area contributed by atoms with E-state index in [0.717, 1.165) is 44.9 Å². The first-order valence-electron chi connectivity index (χ1n) is 9.44. The largest absolute Gasteiger partial charge is 1.00 e. The first-order valence-corrected chi connectivity index (χ1v) is 10.7. The van der Waals surface area contributed by atoms with Crippen LogP contribution in [0.3, 0.4) is 0 Å². The molecule has 0 fully saturated rings. The average Bonchev–Trinajstić information content (AvgIpc) is 2.58. The molecule has 0 aromatic heterocycles. The molecule has 1 atom stereocenters. The molecule has 0 radical (unpaired) electrons. The van der Waals surface area contributed by atoms with Gasteiger partial charge in [-0.1, -0.05) is 73.7 Å². The van der Waals surface area contributed by atoms with Crippen LogP contribution in [-0.4, -0.2) is 27.0 Å². The van der Waals surface area contributed by atoms with Crippen molar-refractivity contribution < 1.29 is 43.1 Å². The molecule has 0 aliphatic rings. The molecule has 6 heteroatoms. The van der Waals surface area contributed by atoms with Crippen LogP contribution in [0.2, 0.25) is 0 Å². The fourth-order valence-electron chi connectivity index (χ4n) is 2.27. The number of amides is 1. The maximum Gasteiger partial charge on any atom is 1.00 e. The van der Waals surface area contributed by atoms with Gasteiger partial charge < -0.3 is 9.87 Å². The van der Waals surface area contributed by atoms with Crippen molar-refractivity contribution >= 4 is 17.0 Å². The third-order valence-electron chi connectivity index (χ3n) is 3.65. The van der Waals surface area contributed by atoms with Crippen molar-refractivity contribution in [3.8, 4) is 0 Å². The molecule has 1 N–H and O–H groups in total. The normalized spacial score (nSPS) is 12.7. The Hall–Kier alpha value is -0.200. The van der Waals surface area contributed by atoms with Gasteiger partial charge in [0.2, 0.25) is 5.91 Å². The fourth-order valence-corrected chi connectivity index (χ4v) is 2.54. The molecule has 0 aliphatic heterocycles. The second-order valence-electron chi connectivity index (χ2n) is 5.96. The Bertz CT molecular complexity index is 437. The maximum absolute atomic E-state index is 11.4. The Morgan fingerprint density at radius 3 is 2.15 bits per heavy atom. The first kappa shape index (κ1) is 28.0. The van der Waals surface area contributed by atoms with E-state index in [0.29, 0.717) is 6.42 Å². The zero-order valence-electron chi connectivity index (χ0n) is 16.6. The predicted octanol–water partition coefficient (Wildman–Crippen LogP) is 1.58. The smallest absolute Gasteiger partial charge is 0.772 e. The van der Waals surface area contributed by atoms with Crippen LogP contribution in [0.1, 0.15) is 71.1 Å². The second-order valence-corrected chi connectivity index (χ2v) is 6.97. The minimum absolute atomic E-state index is 0. The summed E-state index contributed by atoms with van der Waals surface area (Å²) in [5.74, 6) is -0.0584. The van der Waals surface area contributed by atoms with E-state index < -0.39 is 11.1 Å². The summed E-state index contributed by atoms with van der Waals surface area (Å²) in [5, 5.41) is 2.61. The number of hydrogen-bond acceptors (Lipinski definition) is 3. The molecule has 0 aliphatic carbocycles. The number of carbonyl (C=O) groups is 1. The molecule has 1 amide bonds. The number of nitrogens with one attached hydrogen (secondary N) is 1. The van der Waals surface area contributed by atoms with Crippen molar-refractivity contribution in [1.29, 1.82) is 0 Å². The van der Waals surface area contributed by atoms with Crippen molar-refractivity contribution in [1.82, 2.24) is 5.32 Å². The summed E-state index contributed by atoms with van der Waals surface area (Å²) in [6.07, 6.45) is 23.5. The van der Waals surface area contributed by atoms with Crippen molar-refractivity contribution in [2.75, 3.05) is 12.3 Å². The van der Waals surface area contributed by atoms with Gasteiger partial charge in [0.05, 0.1) is 0 Å². The zero-order valence-corrected chi connectivity index (χ0v) is 19.4. The van der Waals surface area contributed by atoms with E-state index in [1.54, 1.807) is 0 Å². The molecule has 0 bridgehead atoms. The average molecular weight is 392 g/mol. The van der Waals surface area contributed by atoms with Crippen molar-refractivity contribution in [3.05, 3.63) is 36.5 Å². The fraction of sp³-hybridized carbons (Fsp3) is 0.650. The van der Waals surface area contributed by atoms with Gasteiger partial charge in [0, 0.05) is 18.7 Å². The van der Waals surface area contributed by atoms with Crippen molar-refractivity contribution in [2.24, 2.45) is 0 Å². The van der Waals surface area contributed by atoms with E-state index >= 15 is 0 Å². The Balaban J connectivity index is 0. The molecular formula is C20H34NNaO3S. The van der Waals surface area contributed by atoms with Gasteiger partial charge in [-0.15, -0.1) is 0 Å². The van der Waals surface area contributed by atoms with Gasteiger partial charge in [0.25, 0.3) is 0 Å². The Morgan fingerprint density at radius 2 is 1.50 bits per heavy atom. The Labute approximate surface area is 184 Å². The van der Waals surface area contributed by atoms with Gasteiger partial charge in [-0.3, -0.25) is 9.00 Å². The molecule has 0 aromatic rings. The van der Waals surface area contributed by atoms with Gasteiger partial charge >= 0.3 is 29.6 Å². The van der Waals surface area contributed by atoms with Crippen LogP contribution in [0.15, 0.2) is 36.5 Å². The van der Waals surface area contributed by atoms with Crippen LogP contribution in [0.25, 0.3) is 0 Å². The molecule has 0 saturated heterocycles. The summed E-state index contributed by atoms with van der Waals surface area (Å²) in [4.78, 5) is 11.4. The molecule has 0 aromatic carbocycles. The zero-order chi connectivity index (χ0) is 18.6. The van der Waals surface area contributed by atoms with Gasteiger partial charge in [0.1, 0.15) is 0 Å². The van der Waals surface area contributed by atoms with E-state index in [4.69, 9.17) is 0 Å². The molecule has 0 rings (SSSR count). The topological polar surface area (TPSA) is 69.2 Å². The summed E-state index contributed by atoms with van der Waals surface area (Å²) in [7, 11) is 0. The van der Waals surface area contributed by atoms with Crippen LogP contribution in [0.5, 0.6) is 0 Å². The summed E-state index contributed by atoms with van der Waals surface area (Å²) >= 11 is -2.08. The summed E-state index contributed by atoms with van der Waals surface area (Å²) < 4.78 is 20.7. The minimum Gasteiger partial charge on any atom is -0.772 e. The van der Waals surface area contributed by atoms with E-state index in [2.05, 4.69) is 48.7 Å². The quantitative estimate of drug-likeness (QED) is 0.188. The number of carbonyl (C=O) groups excluding carboxylic acids is 1. The van der Waals surface area contributed by atoms with Crippen LogP contribution >= 0.6 is 0 Å². The van der Waals surface area contributed by atoms with Crippen LogP contribution in [0.4, 0.5) is 0 Å². The summed E-state index contributed by atoms with van der Waals surface area (Å²) in [5.41, 5.74) is 0. The van der Waals surface area contributed by atoms with E-state index in [9.17, 15) is 13.6 Å². The third kappa shape index (κ3) is 23.8. The van der Waals surface area contributed by atoms with Crippen molar-refractivity contribution in [2.45, 2.75) is 71.1 Å². The molecule has 1 unspecified atom stereocenters. The maximum atomic E-state index is 11.4. The second kappa shape index (κ2) is 22.8. The molecule has 4 nitrogen and oxygen atoms in total. The number of unbranched alkanes of at least 4 members (excludes halogenated alkanes) is 5. The summed E-state index contributed by atoms with van der Waals surface area (Å²) in [6.45, 7) is 2.36. The van der Waals surface area contributed by atoms with E-state index in [-0.39, 0.29) is 47.8 Å². The standard InChI is InChI=1S/C20H35NO3S.Na/c1-2-3-4-5-6-7-8-9-10-11-12-13-14-15-16-17-20(22)21-18-19-25(23)24;/h3-4,6-7,9-10H,2,5,8,11-19H2,1H3,(H,21,22)(H,23,24);/q;+1/p-1/b4-3-,7-6-,10-9-;. The first-order chi connectivity index (χ1) is 12.2. The number of rotatable bonds is 16. The Kier molecular flexibility index (Phi) is 24.6. The predicted molar refractivity (Wildman–Crippen MR) is 106 cm³/mol. The Morgan fingerprint density at radius 1 is 0.923 bits per heavy atom. The van der Waals surface area contributed by atoms with Crippen LogP contribution in [0, 0.1) is 0 Å². The van der Waals surface area contributed by atoms with Gasteiger partial charge in [-0.2, -0.15) is 0 Å². The number of allylic oxidation sites excluding steroid dienone is 6. The van der Waals surface area contributed by atoms with Crippen LogP contribution < -0.4 is 34.9 Å². The van der Waals surface area contributed by atoms with Gasteiger partial charge in [-0.25, -0.2) is 0 Å². The molecule has 0 heterocycles. The monoisotopic (exact) mass is 391 g/mol. The minimum atomic E-state index is -2.08. The third-order valence-corrected chi connectivity index (χ3v) is 4.18. The van der Waals surface area contributed by atoms with Crippen molar-refractivity contribution in [3.63, 3.8) is 0 Å². The SMILES string of the molecule is CC/C=C\C/C=C\C/C=C\CCCCCCCC(=O)NCCS(=O)[O-].[Na+]. The molecule has 26 heavy (non-hydrogen) atoms.